The van der Waals surface area contributed by atoms with E-state index >= 15 is 0 Å². The second-order valence-electron chi connectivity index (χ2n) is 10.0. The Morgan fingerprint density at radius 1 is 1.24 bits per heavy atom. The Kier molecular flexibility index (Phi) is 9.00. The molecule has 5 rings (SSSR count). The Hall–Kier alpha value is -3.67. The normalized spacial score (nSPS) is 16.7. The number of aliphatic hydroxyl groups excluding tert-OH is 1. The van der Waals surface area contributed by atoms with Gasteiger partial charge < -0.3 is 19.3 Å². The first-order chi connectivity index (χ1) is 20.2. The highest BCUT2D eigenvalue weighted by molar-refractivity contribution is 7.93. The highest BCUT2D eigenvalue weighted by Gasteiger charge is 2.38. The topological polar surface area (TPSA) is 115 Å². The Morgan fingerprint density at radius 2 is 2.05 bits per heavy atom. The zero-order valence-corrected chi connectivity index (χ0v) is 24.4. The molecule has 1 aliphatic carbocycles. The first-order valence-corrected chi connectivity index (χ1v) is 15.3. The molecule has 42 heavy (non-hydrogen) atoms. The molecule has 0 spiro atoms. The average Bonchev–Trinajstić information content (AvgIpc) is 3.84. The summed E-state index contributed by atoms with van der Waals surface area (Å²) in [5, 5.41) is 9.54. The number of hydrogen-bond acceptors (Lipinski definition) is 8. The van der Waals surface area contributed by atoms with E-state index in [4.69, 9.17) is 25.8 Å². The van der Waals surface area contributed by atoms with Crippen LogP contribution in [0.15, 0.2) is 53.6 Å². The lowest BCUT2D eigenvalue weighted by molar-refractivity contribution is -0.141. The summed E-state index contributed by atoms with van der Waals surface area (Å²) >= 11 is 6.17. The molecule has 2 aromatic carbocycles. The smallest absolute Gasteiger partial charge is 0.305 e. The number of halogens is 2. The van der Waals surface area contributed by atoms with Gasteiger partial charge in [-0.2, -0.15) is 0 Å². The molecule has 0 saturated heterocycles. The Morgan fingerprint density at radius 3 is 2.76 bits per heavy atom. The molecule has 0 amide bonds. The number of aromatic nitrogens is 1. The van der Waals surface area contributed by atoms with Crippen molar-refractivity contribution in [3.8, 4) is 11.6 Å². The van der Waals surface area contributed by atoms with Crippen molar-refractivity contribution in [3.63, 3.8) is 0 Å². The van der Waals surface area contributed by atoms with Crippen LogP contribution in [0.25, 0.3) is 12.2 Å². The molecule has 1 atom stereocenters. The third-order valence-corrected chi connectivity index (χ3v) is 9.15. The molecule has 1 N–H and O–H groups in total. The molecule has 222 valence electrons. The minimum Gasteiger partial charge on any atom is -0.486 e. The second-order valence-corrected chi connectivity index (χ2v) is 12.2. The first kappa shape index (κ1) is 29.8. The standard InChI is InChI=1S/C30H30ClFN2O7S/c1-39-29(36)12-9-22-18-34(42(37,38)28-16-21(20-7-8-20)17-33-30(28)40-14-13-35)26-15-19(6-11-27(26)41-22)5-10-23-24(31)3-2-4-25(23)32/h2-6,10-11,15-17,20,22,35H,7-9,12-14,18H2,1H3. The Bertz CT molecular complexity index is 1590. The van der Waals surface area contributed by atoms with Crippen molar-refractivity contribution in [2.45, 2.75) is 42.6 Å². The van der Waals surface area contributed by atoms with Gasteiger partial charge >= 0.3 is 5.97 Å². The van der Waals surface area contributed by atoms with Crippen LogP contribution in [-0.4, -0.2) is 57.4 Å². The maximum atomic E-state index is 14.4. The summed E-state index contributed by atoms with van der Waals surface area (Å²) in [7, 11) is -2.99. The van der Waals surface area contributed by atoms with Gasteiger partial charge in [-0.05, 0) is 72.7 Å². The van der Waals surface area contributed by atoms with Crippen LogP contribution in [0.1, 0.15) is 48.3 Å². The fraction of sp³-hybridized carbons (Fsp3) is 0.333. The van der Waals surface area contributed by atoms with Crippen LogP contribution >= 0.6 is 11.6 Å². The van der Waals surface area contributed by atoms with Crippen LogP contribution in [0.3, 0.4) is 0 Å². The molecule has 0 radical (unpaired) electrons. The number of carbonyl (C=O) groups is 1. The van der Waals surface area contributed by atoms with E-state index < -0.39 is 27.9 Å². The third kappa shape index (κ3) is 6.53. The summed E-state index contributed by atoms with van der Waals surface area (Å²) in [4.78, 5) is 16.0. The van der Waals surface area contributed by atoms with Crippen molar-refractivity contribution in [2.75, 3.05) is 31.2 Å². The van der Waals surface area contributed by atoms with E-state index in [1.807, 2.05) is 0 Å². The van der Waals surface area contributed by atoms with Crippen LogP contribution in [0, 0.1) is 5.82 Å². The van der Waals surface area contributed by atoms with Crippen molar-refractivity contribution < 1.29 is 36.9 Å². The van der Waals surface area contributed by atoms with Crippen molar-refractivity contribution in [1.82, 2.24) is 4.98 Å². The van der Waals surface area contributed by atoms with E-state index in [9.17, 15) is 22.7 Å². The molecule has 2 aliphatic rings. The Labute approximate surface area is 248 Å². The van der Waals surface area contributed by atoms with Gasteiger partial charge in [0.05, 0.1) is 31.0 Å². The largest absolute Gasteiger partial charge is 0.486 e. The SMILES string of the molecule is COC(=O)CCC1CN(S(=O)(=O)c2cc(C3CC3)cnc2OCCO)c2cc(C=Cc3c(F)cccc3Cl)ccc2O1. The predicted molar refractivity (Wildman–Crippen MR) is 156 cm³/mol. The summed E-state index contributed by atoms with van der Waals surface area (Å²) in [6.07, 6.45) is 6.25. The number of esters is 1. The zero-order chi connectivity index (χ0) is 29.9. The van der Waals surface area contributed by atoms with Crippen molar-refractivity contribution in [1.29, 1.82) is 0 Å². The monoisotopic (exact) mass is 616 g/mol. The maximum absolute atomic E-state index is 14.4. The number of fused-ring (bicyclic) bond motifs is 1. The van der Waals surface area contributed by atoms with Crippen molar-refractivity contribution in [3.05, 3.63) is 76.2 Å². The first-order valence-electron chi connectivity index (χ1n) is 13.5. The number of methoxy groups -OCH3 is 1. The molecule has 12 heteroatoms. The van der Waals surface area contributed by atoms with Gasteiger partial charge in [0.25, 0.3) is 10.0 Å². The van der Waals surface area contributed by atoms with Gasteiger partial charge in [-0.25, -0.2) is 17.8 Å². The molecular weight excluding hydrogens is 587 g/mol. The lowest BCUT2D eigenvalue weighted by atomic mass is 10.1. The van der Waals surface area contributed by atoms with E-state index in [1.54, 1.807) is 42.6 Å². The van der Waals surface area contributed by atoms with Gasteiger partial charge in [0.1, 0.15) is 29.2 Å². The lowest BCUT2D eigenvalue weighted by Gasteiger charge is -2.36. The van der Waals surface area contributed by atoms with Crippen LogP contribution in [0.2, 0.25) is 5.02 Å². The molecule has 0 bridgehead atoms. The van der Waals surface area contributed by atoms with Crippen LogP contribution in [0.4, 0.5) is 10.1 Å². The molecule has 2 heterocycles. The summed E-state index contributed by atoms with van der Waals surface area (Å²) in [6.45, 7) is -0.539. The number of benzene rings is 2. The maximum Gasteiger partial charge on any atom is 0.305 e. The zero-order valence-electron chi connectivity index (χ0n) is 22.8. The minimum absolute atomic E-state index is 0.0399. The van der Waals surface area contributed by atoms with Crippen molar-refractivity contribution in [2.24, 2.45) is 0 Å². The number of ether oxygens (including phenoxy) is 3. The molecule has 1 saturated carbocycles. The number of anilines is 1. The number of carbonyl (C=O) groups excluding carboxylic acids is 1. The summed E-state index contributed by atoms with van der Waals surface area (Å²) in [6, 6.07) is 10.9. The minimum atomic E-state index is -4.28. The fourth-order valence-corrected chi connectivity index (χ4v) is 6.53. The summed E-state index contributed by atoms with van der Waals surface area (Å²) in [5.41, 5.74) is 1.83. The molecule has 1 fully saturated rings. The lowest BCUT2D eigenvalue weighted by Crippen LogP contribution is -2.44. The van der Waals surface area contributed by atoms with E-state index in [0.717, 1.165) is 18.4 Å². The summed E-state index contributed by atoms with van der Waals surface area (Å²) < 4.78 is 60.7. The summed E-state index contributed by atoms with van der Waals surface area (Å²) in [5.74, 6) is -0.518. The van der Waals surface area contributed by atoms with Gasteiger partial charge in [0, 0.05) is 18.2 Å². The van der Waals surface area contributed by atoms with Gasteiger partial charge in [-0.15, -0.1) is 0 Å². The molecule has 3 aromatic rings. The number of sulfonamides is 1. The highest BCUT2D eigenvalue weighted by Crippen LogP contribution is 2.44. The van der Waals surface area contributed by atoms with E-state index in [-0.39, 0.29) is 65.6 Å². The molecule has 9 nitrogen and oxygen atoms in total. The van der Waals surface area contributed by atoms with Crippen molar-refractivity contribution >= 4 is 45.4 Å². The third-order valence-electron chi connectivity index (χ3n) is 7.04. The molecular formula is C30H30ClFN2O7S. The fourth-order valence-electron chi connectivity index (χ4n) is 4.68. The van der Waals surface area contributed by atoms with Gasteiger partial charge in [0.15, 0.2) is 0 Å². The number of aliphatic hydroxyl groups is 1. The van der Waals surface area contributed by atoms with Crippen LogP contribution in [0.5, 0.6) is 11.6 Å². The number of pyridine rings is 1. The molecule has 1 unspecified atom stereocenters. The molecule has 1 aromatic heterocycles. The highest BCUT2D eigenvalue weighted by atomic mass is 35.5. The Balaban J connectivity index is 1.56. The number of nitrogens with zero attached hydrogens (tertiary/aromatic N) is 2. The van der Waals surface area contributed by atoms with Crippen LogP contribution < -0.4 is 13.8 Å². The quantitative estimate of drug-likeness (QED) is 0.231. The second kappa shape index (κ2) is 12.7. The van der Waals surface area contributed by atoms with Crippen LogP contribution in [-0.2, 0) is 19.6 Å². The number of rotatable bonds is 11. The molecule has 1 aliphatic heterocycles. The van der Waals surface area contributed by atoms with Gasteiger partial charge in [-0.3, -0.25) is 9.10 Å². The van der Waals surface area contributed by atoms with E-state index in [2.05, 4.69) is 4.98 Å². The van der Waals surface area contributed by atoms with E-state index in [0.29, 0.717) is 11.3 Å². The average molecular weight is 617 g/mol. The van der Waals surface area contributed by atoms with Gasteiger partial charge in [0.2, 0.25) is 5.88 Å². The predicted octanol–water partition coefficient (Wildman–Crippen LogP) is 5.20. The number of hydrogen-bond donors (Lipinski definition) is 1. The van der Waals surface area contributed by atoms with Gasteiger partial charge in [-0.1, -0.05) is 29.8 Å². The van der Waals surface area contributed by atoms with E-state index in [1.165, 1.54) is 29.6 Å².